The third-order valence-corrected chi connectivity index (χ3v) is 5.62. The van der Waals surface area contributed by atoms with E-state index in [0.29, 0.717) is 6.17 Å². The Morgan fingerprint density at radius 1 is 0.692 bits per heavy atom. The van der Waals surface area contributed by atoms with Crippen LogP contribution < -0.4 is 4.90 Å². The third-order valence-electron chi connectivity index (χ3n) is 5.62. The minimum atomic E-state index is 0.487. The number of rotatable bonds is 14. The van der Waals surface area contributed by atoms with E-state index in [0.717, 1.165) is 0 Å². The molecule has 26 heavy (non-hydrogen) atoms. The van der Waals surface area contributed by atoms with E-state index in [2.05, 4.69) is 66.5 Å². The van der Waals surface area contributed by atoms with Crippen molar-refractivity contribution in [3.05, 3.63) is 42.7 Å². The second-order valence-electron chi connectivity index (χ2n) is 7.86. The van der Waals surface area contributed by atoms with Crippen LogP contribution in [0.25, 0.3) is 0 Å². The lowest BCUT2D eigenvalue weighted by molar-refractivity contribution is 0.329. The number of para-hydroxylation sites is 1. The van der Waals surface area contributed by atoms with Gasteiger partial charge in [-0.05, 0) is 25.0 Å². The van der Waals surface area contributed by atoms with E-state index < -0.39 is 0 Å². The lowest BCUT2D eigenvalue weighted by Crippen LogP contribution is -2.36. The molecule has 0 N–H and O–H groups in total. The predicted octanol–water partition coefficient (Wildman–Crippen LogP) is 7.33. The fourth-order valence-electron chi connectivity index (χ4n) is 3.94. The minimum Gasteiger partial charge on any atom is -0.359 e. The molecule has 0 spiro atoms. The van der Waals surface area contributed by atoms with Crippen LogP contribution in [0.4, 0.5) is 5.69 Å². The van der Waals surface area contributed by atoms with Crippen LogP contribution in [0.3, 0.4) is 0 Å². The SMILES string of the molecule is CCCCCCCCCCCCCCC1N(C)C=CN1c1ccccc1. The summed E-state index contributed by atoms with van der Waals surface area (Å²) in [4.78, 5) is 4.77. The van der Waals surface area contributed by atoms with Gasteiger partial charge in [0.05, 0.1) is 0 Å². The van der Waals surface area contributed by atoms with Crippen molar-refractivity contribution in [2.24, 2.45) is 0 Å². The molecule has 1 aromatic carbocycles. The van der Waals surface area contributed by atoms with Gasteiger partial charge in [0.25, 0.3) is 0 Å². The van der Waals surface area contributed by atoms with E-state index in [4.69, 9.17) is 0 Å². The van der Waals surface area contributed by atoms with E-state index in [1.165, 1.54) is 89.2 Å². The molecule has 0 amide bonds. The molecule has 0 radical (unpaired) electrons. The summed E-state index contributed by atoms with van der Waals surface area (Å²) < 4.78 is 0. The van der Waals surface area contributed by atoms with Crippen molar-refractivity contribution in [2.75, 3.05) is 11.9 Å². The minimum absolute atomic E-state index is 0.487. The van der Waals surface area contributed by atoms with Crippen LogP contribution in [0.2, 0.25) is 0 Å². The van der Waals surface area contributed by atoms with Crippen LogP contribution in [0.5, 0.6) is 0 Å². The molecule has 146 valence electrons. The molecule has 0 saturated carbocycles. The molecule has 0 aliphatic carbocycles. The number of hydrogen-bond acceptors (Lipinski definition) is 2. The van der Waals surface area contributed by atoms with Crippen molar-refractivity contribution in [3.8, 4) is 0 Å². The van der Waals surface area contributed by atoms with E-state index in [1.807, 2.05) is 0 Å². The monoisotopic (exact) mass is 356 g/mol. The lowest BCUT2D eigenvalue weighted by atomic mass is 10.0. The maximum Gasteiger partial charge on any atom is 0.105 e. The van der Waals surface area contributed by atoms with Crippen molar-refractivity contribution < 1.29 is 0 Å². The molecule has 1 heterocycles. The van der Waals surface area contributed by atoms with Crippen LogP contribution in [-0.2, 0) is 0 Å². The molecule has 2 heteroatoms. The van der Waals surface area contributed by atoms with Gasteiger partial charge >= 0.3 is 0 Å². The van der Waals surface area contributed by atoms with Crippen molar-refractivity contribution in [3.63, 3.8) is 0 Å². The molecule has 1 aromatic rings. The summed E-state index contributed by atoms with van der Waals surface area (Å²) in [5, 5.41) is 0. The Labute approximate surface area is 162 Å². The zero-order valence-electron chi connectivity index (χ0n) is 17.2. The maximum atomic E-state index is 2.42. The summed E-state index contributed by atoms with van der Waals surface area (Å²) in [5.74, 6) is 0. The Kier molecular flexibility index (Phi) is 10.3. The molecule has 2 rings (SSSR count). The summed E-state index contributed by atoms with van der Waals surface area (Å²) in [5.41, 5.74) is 1.30. The van der Waals surface area contributed by atoms with Gasteiger partial charge in [-0.3, -0.25) is 0 Å². The lowest BCUT2D eigenvalue weighted by Gasteiger charge is -2.30. The van der Waals surface area contributed by atoms with E-state index in [-0.39, 0.29) is 0 Å². The van der Waals surface area contributed by atoms with Gasteiger partial charge in [-0.2, -0.15) is 0 Å². The van der Waals surface area contributed by atoms with Crippen LogP contribution in [-0.4, -0.2) is 18.1 Å². The number of nitrogens with zero attached hydrogens (tertiary/aromatic N) is 2. The van der Waals surface area contributed by atoms with Crippen LogP contribution in [0.1, 0.15) is 90.4 Å². The summed E-state index contributed by atoms with van der Waals surface area (Å²) in [6.07, 6.45) is 23.2. The zero-order valence-corrected chi connectivity index (χ0v) is 17.2. The molecule has 1 aliphatic rings. The first-order valence-electron chi connectivity index (χ1n) is 11.1. The number of benzene rings is 1. The summed E-state index contributed by atoms with van der Waals surface area (Å²) in [6, 6.07) is 10.8. The molecular formula is C24H40N2. The number of unbranched alkanes of at least 4 members (excludes halogenated alkanes) is 11. The molecule has 0 bridgehead atoms. The molecule has 1 unspecified atom stereocenters. The van der Waals surface area contributed by atoms with Gasteiger partial charge in [-0.1, -0.05) is 95.8 Å². The highest BCUT2D eigenvalue weighted by Crippen LogP contribution is 2.26. The smallest absolute Gasteiger partial charge is 0.105 e. The average Bonchev–Trinajstić information content (AvgIpc) is 3.04. The second kappa shape index (κ2) is 12.8. The molecule has 2 nitrogen and oxygen atoms in total. The second-order valence-corrected chi connectivity index (χ2v) is 7.86. The fraction of sp³-hybridized carbons (Fsp3) is 0.667. The summed E-state index contributed by atoms with van der Waals surface area (Å²) in [7, 11) is 2.20. The van der Waals surface area contributed by atoms with Gasteiger partial charge in [-0.25, -0.2) is 0 Å². The Morgan fingerprint density at radius 2 is 1.23 bits per heavy atom. The topological polar surface area (TPSA) is 6.48 Å². The summed E-state index contributed by atoms with van der Waals surface area (Å²) in [6.45, 7) is 2.29. The molecule has 1 aliphatic heterocycles. The van der Waals surface area contributed by atoms with Crippen LogP contribution in [0.15, 0.2) is 42.7 Å². The third kappa shape index (κ3) is 7.43. The first-order chi connectivity index (χ1) is 12.8. The van der Waals surface area contributed by atoms with Crippen LogP contribution >= 0.6 is 0 Å². The van der Waals surface area contributed by atoms with Crippen LogP contribution in [0, 0.1) is 0 Å². The predicted molar refractivity (Wildman–Crippen MR) is 115 cm³/mol. The zero-order chi connectivity index (χ0) is 18.5. The van der Waals surface area contributed by atoms with Gasteiger partial charge in [0.2, 0.25) is 0 Å². The highest BCUT2D eigenvalue weighted by Gasteiger charge is 2.23. The number of anilines is 1. The molecule has 0 aromatic heterocycles. The normalized spacial score (nSPS) is 16.6. The highest BCUT2D eigenvalue weighted by molar-refractivity contribution is 5.51. The van der Waals surface area contributed by atoms with Gasteiger partial charge in [0, 0.05) is 25.1 Å². The largest absolute Gasteiger partial charge is 0.359 e. The summed E-state index contributed by atoms with van der Waals surface area (Å²) >= 11 is 0. The van der Waals surface area contributed by atoms with E-state index in [9.17, 15) is 0 Å². The molecule has 1 atom stereocenters. The molecule has 0 fully saturated rings. The Balaban J connectivity index is 1.50. The quantitative estimate of drug-likeness (QED) is 0.322. The highest BCUT2D eigenvalue weighted by atomic mass is 15.4. The van der Waals surface area contributed by atoms with Crippen molar-refractivity contribution in [2.45, 2.75) is 96.6 Å². The van der Waals surface area contributed by atoms with E-state index in [1.54, 1.807) is 0 Å². The van der Waals surface area contributed by atoms with Gasteiger partial charge in [0.15, 0.2) is 0 Å². The fourth-order valence-corrected chi connectivity index (χ4v) is 3.94. The Bertz CT molecular complexity index is 482. The Morgan fingerprint density at radius 3 is 1.81 bits per heavy atom. The molecule has 0 saturated heterocycles. The van der Waals surface area contributed by atoms with Crippen molar-refractivity contribution in [1.82, 2.24) is 4.90 Å². The molecular weight excluding hydrogens is 316 g/mol. The average molecular weight is 357 g/mol. The first-order valence-corrected chi connectivity index (χ1v) is 11.1. The maximum absolute atomic E-state index is 2.42. The van der Waals surface area contributed by atoms with Gasteiger partial charge in [0.1, 0.15) is 6.17 Å². The van der Waals surface area contributed by atoms with Crippen molar-refractivity contribution in [1.29, 1.82) is 0 Å². The number of hydrogen-bond donors (Lipinski definition) is 0. The van der Waals surface area contributed by atoms with Gasteiger partial charge < -0.3 is 9.80 Å². The van der Waals surface area contributed by atoms with E-state index >= 15 is 0 Å². The first kappa shape index (κ1) is 20.9. The Hall–Kier alpha value is -1.44. The van der Waals surface area contributed by atoms with Crippen molar-refractivity contribution >= 4 is 5.69 Å². The standard InChI is InChI=1S/C24H40N2/c1-3-4-5-6-7-8-9-10-11-12-13-17-20-24-25(2)21-22-26(24)23-18-15-14-16-19-23/h14-16,18-19,21-22,24H,3-13,17,20H2,1-2H3. The van der Waals surface area contributed by atoms with Gasteiger partial charge in [-0.15, -0.1) is 0 Å².